The first-order chi connectivity index (χ1) is 8.44. The van der Waals surface area contributed by atoms with Crippen LogP contribution < -0.4 is 5.32 Å². The molecule has 0 heterocycles. The summed E-state index contributed by atoms with van der Waals surface area (Å²) in [5.41, 5.74) is 1.01. The van der Waals surface area contributed by atoms with Crippen molar-refractivity contribution in [3.8, 4) is 6.07 Å². The monoisotopic (exact) mass is 242 g/mol. The molecule has 18 heavy (non-hydrogen) atoms. The Morgan fingerprint density at radius 1 is 1.28 bits per heavy atom. The largest absolute Gasteiger partial charge is 0.295 e. The van der Waals surface area contributed by atoms with Gasteiger partial charge in [-0.15, -0.1) is 0 Å². The molecule has 0 aromatic heterocycles. The van der Waals surface area contributed by atoms with E-state index in [-0.39, 0.29) is 11.1 Å². The van der Waals surface area contributed by atoms with Crippen LogP contribution >= 0.6 is 0 Å². The predicted octanol–water partition coefficient (Wildman–Crippen LogP) is 3.60. The van der Waals surface area contributed by atoms with Gasteiger partial charge in [-0.05, 0) is 51.5 Å². The molecule has 0 amide bonds. The van der Waals surface area contributed by atoms with E-state index < -0.39 is 0 Å². The van der Waals surface area contributed by atoms with Gasteiger partial charge in [-0.1, -0.05) is 30.3 Å². The minimum absolute atomic E-state index is 0.0126. The highest BCUT2D eigenvalue weighted by Crippen LogP contribution is 2.41. The van der Waals surface area contributed by atoms with Crippen LogP contribution in [0.15, 0.2) is 30.3 Å². The van der Waals surface area contributed by atoms with Crippen LogP contribution in [0.5, 0.6) is 0 Å². The van der Waals surface area contributed by atoms with E-state index in [1.54, 1.807) is 0 Å². The Bertz CT molecular complexity index is 438. The minimum atomic E-state index is -0.348. The zero-order chi connectivity index (χ0) is 13.2. The van der Waals surface area contributed by atoms with E-state index in [4.69, 9.17) is 0 Å². The third-order valence-corrected chi connectivity index (χ3v) is 3.61. The molecule has 1 aromatic carbocycles. The van der Waals surface area contributed by atoms with E-state index in [2.05, 4.69) is 56.4 Å². The Morgan fingerprint density at radius 3 is 2.50 bits per heavy atom. The van der Waals surface area contributed by atoms with Gasteiger partial charge >= 0.3 is 0 Å². The summed E-state index contributed by atoms with van der Waals surface area (Å²) >= 11 is 0. The summed E-state index contributed by atoms with van der Waals surface area (Å²) in [5, 5.41) is 13.1. The Hall–Kier alpha value is -1.33. The number of nitriles is 1. The topological polar surface area (TPSA) is 35.8 Å². The number of hydrogen-bond donors (Lipinski definition) is 1. The van der Waals surface area contributed by atoms with Crippen molar-refractivity contribution in [1.82, 2.24) is 5.32 Å². The fourth-order valence-electron chi connectivity index (χ4n) is 3.02. The molecule has 1 aliphatic rings. The number of hydrogen-bond acceptors (Lipinski definition) is 2. The molecule has 0 aliphatic heterocycles. The maximum atomic E-state index is 9.53. The summed E-state index contributed by atoms with van der Waals surface area (Å²) in [4.78, 5) is 0. The lowest BCUT2D eigenvalue weighted by Crippen LogP contribution is -2.51. The van der Waals surface area contributed by atoms with E-state index in [1.165, 1.54) is 5.56 Å². The molecule has 2 heteroatoms. The quantitative estimate of drug-likeness (QED) is 0.860. The van der Waals surface area contributed by atoms with E-state index in [1.807, 2.05) is 6.07 Å². The van der Waals surface area contributed by atoms with Gasteiger partial charge in [0.2, 0.25) is 0 Å². The standard InChI is InChI=1S/C16H22N2/c1-15(2,3)18-16(12-17)10-9-14(11-16)13-7-5-4-6-8-13/h4-8,14,18H,9-11H2,1-3H3. The van der Waals surface area contributed by atoms with E-state index in [0.29, 0.717) is 5.92 Å². The van der Waals surface area contributed by atoms with Crippen molar-refractivity contribution in [3.05, 3.63) is 35.9 Å². The maximum Gasteiger partial charge on any atom is 0.107 e. The average molecular weight is 242 g/mol. The van der Waals surface area contributed by atoms with Crippen LogP contribution in [0.3, 0.4) is 0 Å². The van der Waals surface area contributed by atoms with Crippen LogP contribution in [-0.2, 0) is 0 Å². The normalized spacial score (nSPS) is 28.0. The molecule has 1 N–H and O–H groups in total. The molecule has 0 spiro atoms. The van der Waals surface area contributed by atoms with E-state index >= 15 is 0 Å². The summed E-state index contributed by atoms with van der Waals surface area (Å²) in [7, 11) is 0. The van der Waals surface area contributed by atoms with Crippen molar-refractivity contribution in [2.24, 2.45) is 0 Å². The van der Waals surface area contributed by atoms with Crippen molar-refractivity contribution < 1.29 is 0 Å². The lowest BCUT2D eigenvalue weighted by Gasteiger charge is -2.32. The summed E-state index contributed by atoms with van der Waals surface area (Å²) < 4.78 is 0. The highest BCUT2D eigenvalue weighted by molar-refractivity contribution is 5.26. The van der Waals surface area contributed by atoms with Gasteiger partial charge in [-0.2, -0.15) is 5.26 Å². The summed E-state index contributed by atoms with van der Waals surface area (Å²) in [6.45, 7) is 6.38. The fourth-order valence-corrected chi connectivity index (χ4v) is 3.02. The Labute approximate surface area is 110 Å². The van der Waals surface area contributed by atoms with Crippen LogP contribution in [0, 0.1) is 11.3 Å². The van der Waals surface area contributed by atoms with Gasteiger partial charge in [0.25, 0.3) is 0 Å². The molecule has 96 valence electrons. The molecule has 0 saturated heterocycles. The van der Waals surface area contributed by atoms with Crippen LogP contribution in [-0.4, -0.2) is 11.1 Å². The molecule has 1 saturated carbocycles. The Kier molecular flexibility index (Phi) is 3.45. The van der Waals surface area contributed by atoms with E-state index in [0.717, 1.165) is 19.3 Å². The maximum absolute atomic E-state index is 9.53. The molecule has 2 nitrogen and oxygen atoms in total. The number of benzene rings is 1. The summed E-state index contributed by atoms with van der Waals surface area (Å²) in [6, 6.07) is 13.1. The Balaban J connectivity index is 2.13. The Morgan fingerprint density at radius 2 is 1.94 bits per heavy atom. The van der Waals surface area contributed by atoms with Crippen LogP contribution in [0.25, 0.3) is 0 Å². The van der Waals surface area contributed by atoms with Crippen LogP contribution in [0.1, 0.15) is 51.5 Å². The molecule has 0 bridgehead atoms. The van der Waals surface area contributed by atoms with Crippen molar-refractivity contribution in [1.29, 1.82) is 5.26 Å². The zero-order valence-electron chi connectivity index (χ0n) is 11.5. The van der Waals surface area contributed by atoms with Crippen LogP contribution in [0.2, 0.25) is 0 Å². The number of rotatable bonds is 2. The molecule has 1 aromatic rings. The highest BCUT2D eigenvalue weighted by Gasteiger charge is 2.41. The van der Waals surface area contributed by atoms with Crippen molar-refractivity contribution in [2.45, 2.75) is 57.0 Å². The summed E-state index contributed by atoms with van der Waals surface area (Å²) in [6.07, 6.45) is 2.96. The van der Waals surface area contributed by atoms with Gasteiger partial charge in [0.1, 0.15) is 5.54 Å². The van der Waals surface area contributed by atoms with Gasteiger partial charge in [0, 0.05) is 5.54 Å². The van der Waals surface area contributed by atoms with Gasteiger partial charge in [-0.3, -0.25) is 5.32 Å². The second-order valence-electron chi connectivity index (χ2n) is 6.42. The highest BCUT2D eigenvalue weighted by atomic mass is 15.0. The fraction of sp³-hybridized carbons (Fsp3) is 0.562. The lowest BCUT2D eigenvalue weighted by molar-refractivity contribution is 0.301. The second-order valence-corrected chi connectivity index (χ2v) is 6.42. The van der Waals surface area contributed by atoms with Crippen molar-refractivity contribution >= 4 is 0 Å². The number of nitrogens with one attached hydrogen (secondary N) is 1. The second kappa shape index (κ2) is 4.74. The molecule has 1 fully saturated rings. The first-order valence-electron chi connectivity index (χ1n) is 6.70. The number of nitrogens with zero attached hydrogens (tertiary/aromatic N) is 1. The third kappa shape index (κ3) is 2.91. The molecule has 2 unspecified atom stereocenters. The molecule has 0 radical (unpaired) electrons. The van der Waals surface area contributed by atoms with E-state index in [9.17, 15) is 5.26 Å². The van der Waals surface area contributed by atoms with Crippen molar-refractivity contribution in [2.75, 3.05) is 0 Å². The van der Waals surface area contributed by atoms with Gasteiger partial charge in [0.15, 0.2) is 0 Å². The zero-order valence-corrected chi connectivity index (χ0v) is 11.5. The van der Waals surface area contributed by atoms with Gasteiger partial charge in [0.05, 0.1) is 6.07 Å². The SMILES string of the molecule is CC(C)(C)NC1(C#N)CCC(c2ccccc2)C1. The minimum Gasteiger partial charge on any atom is -0.295 e. The van der Waals surface area contributed by atoms with Crippen LogP contribution in [0.4, 0.5) is 0 Å². The smallest absolute Gasteiger partial charge is 0.107 e. The summed E-state index contributed by atoms with van der Waals surface area (Å²) in [5.74, 6) is 0.515. The molecule has 2 rings (SSSR count). The predicted molar refractivity (Wildman–Crippen MR) is 74.3 cm³/mol. The first kappa shape index (κ1) is 13.1. The molecular formula is C16H22N2. The molecule has 2 atom stereocenters. The van der Waals surface area contributed by atoms with Gasteiger partial charge < -0.3 is 0 Å². The lowest BCUT2D eigenvalue weighted by atomic mass is 9.91. The van der Waals surface area contributed by atoms with Crippen molar-refractivity contribution in [3.63, 3.8) is 0 Å². The average Bonchev–Trinajstić information content (AvgIpc) is 2.73. The third-order valence-electron chi connectivity index (χ3n) is 3.61. The first-order valence-corrected chi connectivity index (χ1v) is 6.70. The molecular weight excluding hydrogens is 220 g/mol. The van der Waals surface area contributed by atoms with Gasteiger partial charge in [-0.25, -0.2) is 0 Å². The molecule has 1 aliphatic carbocycles.